The Morgan fingerprint density at radius 1 is 1.32 bits per heavy atom. The molecule has 0 aliphatic carbocycles. The van der Waals surface area contributed by atoms with Gasteiger partial charge in [-0.25, -0.2) is 4.68 Å². The van der Waals surface area contributed by atoms with Crippen LogP contribution in [0.15, 0.2) is 35.3 Å². The number of aromatic nitrogens is 2. The second kappa shape index (κ2) is 7.21. The highest BCUT2D eigenvalue weighted by atomic mass is 16.2. The predicted molar refractivity (Wildman–Crippen MR) is 98.4 cm³/mol. The first-order chi connectivity index (χ1) is 12.1. The Kier molecular flexibility index (Phi) is 5.02. The quantitative estimate of drug-likeness (QED) is 0.864. The van der Waals surface area contributed by atoms with Gasteiger partial charge in [-0.15, -0.1) is 0 Å². The lowest BCUT2D eigenvalue weighted by Crippen LogP contribution is -2.40. The van der Waals surface area contributed by atoms with E-state index in [0.717, 1.165) is 30.4 Å². The summed E-state index contributed by atoms with van der Waals surface area (Å²) >= 11 is 0. The van der Waals surface area contributed by atoms with Gasteiger partial charge in [0, 0.05) is 20.1 Å². The van der Waals surface area contributed by atoms with Gasteiger partial charge in [0.15, 0.2) is 0 Å². The molecule has 2 aromatic rings. The van der Waals surface area contributed by atoms with Crippen molar-refractivity contribution in [1.82, 2.24) is 14.7 Å². The molecule has 132 valence electrons. The Morgan fingerprint density at radius 2 is 2.08 bits per heavy atom. The molecule has 0 fully saturated rings. The van der Waals surface area contributed by atoms with Crippen LogP contribution >= 0.6 is 0 Å². The van der Waals surface area contributed by atoms with E-state index in [1.807, 2.05) is 28.6 Å². The zero-order valence-electron chi connectivity index (χ0n) is 15.5. The third kappa shape index (κ3) is 3.11. The highest BCUT2D eigenvalue weighted by molar-refractivity contribution is 5.92. The Hall–Kier alpha value is -2.43. The van der Waals surface area contributed by atoms with Gasteiger partial charge in [0.05, 0.1) is 6.04 Å². The Balaban J connectivity index is 1.99. The van der Waals surface area contributed by atoms with Crippen LogP contribution in [0.3, 0.4) is 0 Å². The number of aryl methyl sites for hydroxylation is 2. The van der Waals surface area contributed by atoms with E-state index in [1.165, 1.54) is 11.1 Å². The van der Waals surface area contributed by atoms with Crippen LogP contribution in [0.4, 0.5) is 0 Å². The van der Waals surface area contributed by atoms with Gasteiger partial charge in [0.2, 0.25) is 0 Å². The highest BCUT2D eigenvalue weighted by Gasteiger charge is 2.29. The number of benzene rings is 1. The molecule has 0 saturated heterocycles. The van der Waals surface area contributed by atoms with E-state index in [2.05, 4.69) is 42.1 Å². The van der Waals surface area contributed by atoms with Crippen molar-refractivity contribution in [2.75, 3.05) is 13.6 Å². The fourth-order valence-electron chi connectivity index (χ4n) is 3.64. The predicted octanol–water partition coefficient (Wildman–Crippen LogP) is 2.76. The molecule has 3 rings (SSSR count). The summed E-state index contributed by atoms with van der Waals surface area (Å²) in [7, 11) is 1.77. The SMILES string of the molecule is CCc1cc(C(=O)N2CCc3ccccc3[C@H]2C)nn(CC)c1=NC. The molecule has 5 nitrogen and oxygen atoms in total. The van der Waals surface area contributed by atoms with Crippen LogP contribution in [-0.4, -0.2) is 34.2 Å². The summed E-state index contributed by atoms with van der Waals surface area (Å²) in [6.07, 6.45) is 1.72. The topological polar surface area (TPSA) is 50.5 Å². The van der Waals surface area contributed by atoms with E-state index >= 15 is 0 Å². The van der Waals surface area contributed by atoms with Crippen molar-refractivity contribution in [3.63, 3.8) is 0 Å². The summed E-state index contributed by atoms with van der Waals surface area (Å²) in [6, 6.07) is 10.4. The number of nitrogens with zero attached hydrogens (tertiary/aromatic N) is 4. The van der Waals surface area contributed by atoms with Crippen molar-refractivity contribution in [2.24, 2.45) is 4.99 Å². The summed E-state index contributed by atoms with van der Waals surface area (Å²) in [5, 5.41) is 4.57. The fourth-order valence-corrected chi connectivity index (χ4v) is 3.64. The summed E-state index contributed by atoms with van der Waals surface area (Å²) in [5.41, 5.74) is 5.01. The monoisotopic (exact) mass is 338 g/mol. The van der Waals surface area contributed by atoms with E-state index in [4.69, 9.17) is 0 Å². The molecule has 25 heavy (non-hydrogen) atoms. The minimum Gasteiger partial charge on any atom is -0.330 e. The molecule has 1 aliphatic heterocycles. The lowest BCUT2D eigenvalue weighted by atomic mass is 9.93. The molecule has 1 atom stereocenters. The molecule has 0 saturated carbocycles. The minimum atomic E-state index is 0.00144. The average Bonchev–Trinajstić information content (AvgIpc) is 2.66. The van der Waals surface area contributed by atoms with Crippen molar-refractivity contribution >= 4 is 5.91 Å². The molecule has 1 aromatic heterocycles. The third-order valence-corrected chi connectivity index (χ3v) is 5.04. The van der Waals surface area contributed by atoms with Crippen molar-refractivity contribution in [3.05, 3.63) is 58.2 Å². The molecular formula is C20H26N4O. The van der Waals surface area contributed by atoms with Crippen LogP contribution in [0, 0.1) is 0 Å². The fraction of sp³-hybridized carbons (Fsp3) is 0.450. The van der Waals surface area contributed by atoms with Gasteiger partial charge in [0.25, 0.3) is 5.91 Å². The normalized spacial score (nSPS) is 17.5. The van der Waals surface area contributed by atoms with Crippen LogP contribution < -0.4 is 5.49 Å². The maximum absolute atomic E-state index is 13.2. The number of fused-ring (bicyclic) bond motifs is 1. The van der Waals surface area contributed by atoms with Gasteiger partial charge >= 0.3 is 0 Å². The number of hydrogen-bond acceptors (Lipinski definition) is 3. The van der Waals surface area contributed by atoms with Crippen LogP contribution in [0.5, 0.6) is 0 Å². The van der Waals surface area contributed by atoms with E-state index in [9.17, 15) is 4.79 Å². The highest BCUT2D eigenvalue weighted by Crippen LogP contribution is 2.30. The molecule has 2 heterocycles. The second-order valence-electron chi connectivity index (χ2n) is 6.39. The largest absolute Gasteiger partial charge is 0.330 e. The number of rotatable bonds is 3. The van der Waals surface area contributed by atoms with Gasteiger partial charge in [-0.3, -0.25) is 9.79 Å². The molecule has 0 bridgehead atoms. The van der Waals surface area contributed by atoms with Crippen LogP contribution in [-0.2, 0) is 19.4 Å². The number of amides is 1. The van der Waals surface area contributed by atoms with Gasteiger partial charge in [-0.05, 0) is 49.4 Å². The van der Waals surface area contributed by atoms with Crippen LogP contribution in [0.2, 0.25) is 0 Å². The number of carbonyl (C=O) groups excluding carboxylic acids is 1. The zero-order valence-corrected chi connectivity index (χ0v) is 15.5. The summed E-state index contributed by atoms with van der Waals surface area (Å²) in [6.45, 7) is 7.62. The number of hydrogen-bond donors (Lipinski definition) is 0. The van der Waals surface area contributed by atoms with Crippen LogP contribution in [0.1, 0.15) is 54.0 Å². The molecular weight excluding hydrogens is 312 g/mol. The second-order valence-corrected chi connectivity index (χ2v) is 6.39. The van der Waals surface area contributed by atoms with Gasteiger partial charge in [0.1, 0.15) is 11.2 Å². The van der Waals surface area contributed by atoms with E-state index < -0.39 is 0 Å². The smallest absolute Gasteiger partial charge is 0.274 e. The average molecular weight is 338 g/mol. The van der Waals surface area contributed by atoms with E-state index in [-0.39, 0.29) is 11.9 Å². The van der Waals surface area contributed by atoms with E-state index in [1.54, 1.807) is 7.05 Å². The maximum atomic E-state index is 13.2. The number of carbonyl (C=O) groups is 1. The first-order valence-corrected chi connectivity index (χ1v) is 9.03. The maximum Gasteiger partial charge on any atom is 0.274 e. The molecule has 0 radical (unpaired) electrons. The first kappa shape index (κ1) is 17.4. The molecule has 0 unspecified atom stereocenters. The standard InChI is InChI=1S/C20H26N4O/c1-5-15-13-18(22-24(6-2)19(15)21-4)20(25)23-12-11-16-9-7-8-10-17(16)14(23)3/h7-10,13-14H,5-6,11-12H2,1-4H3/t14-/m1/s1. The summed E-state index contributed by atoms with van der Waals surface area (Å²) < 4.78 is 1.83. The molecule has 5 heteroatoms. The van der Waals surface area contributed by atoms with Gasteiger partial charge in [-0.1, -0.05) is 31.2 Å². The molecule has 0 spiro atoms. The lowest BCUT2D eigenvalue weighted by molar-refractivity contribution is 0.0668. The first-order valence-electron chi connectivity index (χ1n) is 9.03. The Labute approximate surface area is 149 Å². The molecule has 1 aromatic carbocycles. The van der Waals surface area contributed by atoms with Gasteiger partial charge < -0.3 is 4.90 Å². The van der Waals surface area contributed by atoms with Crippen molar-refractivity contribution in [2.45, 2.75) is 46.2 Å². The van der Waals surface area contributed by atoms with Crippen molar-refractivity contribution in [1.29, 1.82) is 0 Å². The van der Waals surface area contributed by atoms with Gasteiger partial charge in [-0.2, -0.15) is 5.10 Å². The lowest BCUT2D eigenvalue weighted by Gasteiger charge is -2.35. The Bertz CT molecular complexity index is 825. The summed E-state index contributed by atoms with van der Waals surface area (Å²) in [4.78, 5) is 19.5. The third-order valence-electron chi connectivity index (χ3n) is 5.04. The molecule has 1 aliphatic rings. The molecule has 0 N–H and O–H groups in total. The van der Waals surface area contributed by atoms with Crippen molar-refractivity contribution < 1.29 is 4.79 Å². The Morgan fingerprint density at radius 3 is 2.76 bits per heavy atom. The molecule has 1 amide bonds. The minimum absolute atomic E-state index is 0.00144. The zero-order chi connectivity index (χ0) is 18.0. The van der Waals surface area contributed by atoms with Crippen molar-refractivity contribution in [3.8, 4) is 0 Å². The summed E-state index contributed by atoms with van der Waals surface area (Å²) in [5.74, 6) is 0.00144. The van der Waals surface area contributed by atoms with E-state index in [0.29, 0.717) is 12.2 Å². The van der Waals surface area contributed by atoms with Crippen LogP contribution in [0.25, 0.3) is 0 Å².